The van der Waals surface area contributed by atoms with Gasteiger partial charge in [0.25, 0.3) is 0 Å². The van der Waals surface area contributed by atoms with E-state index in [4.69, 9.17) is 0 Å². The Morgan fingerprint density at radius 3 is 2.41 bits per heavy atom. The molecule has 1 heterocycles. The van der Waals surface area contributed by atoms with Crippen LogP contribution in [0.3, 0.4) is 0 Å². The summed E-state index contributed by atoms with van der Waals surface area (Å²) in [5.74, 6) is 0.520. The summed E-state index contributed by atoms with van der Waals surface area (Å²) in [6.07, 6.45) is 2.02. The molecule has 0 bridgehead atoms. The van der Waals surface area contributed by atoms with Gasteiger partial charge in [0, 0.05) is 11.6 Å². The van der Waals surface area contributed by atoms with Gasteiger partial charge in [-0.05, 0) is 28.5 Å². The fourth-order valence-corrected chi connectivity index (χ4v) is 2.06. The molecule has 0 radical (unpaired) electrons. The molecule has 0 saturated heterocycles. The first-order chi connectivity index (χ1) is 7.89. The topological polar surface area (TPSA) is 12.9 Å². The summed E-state index contributed by atoms with van der Waals surface area (Å²) in [6, 6.07) is 8.74. The summed E-state index contributed by atoms with van der Waals surface area (Å²) in [5.41, 5.74) is 3.94. The second kappa shape index (κ2) is 4.14. The highest BCUT2D eigenvalue weighted by Gasteiger charge is 2.15. The summed E-state index contributed by atoms with van der Waals surface area (Å²) in [7, 11) is 0. The Hall–Kier alpha value is -1.37. The fraction of sp³-hybridized carbons (Fsp3) is 0.438. The monoisotopic (exact) mass is 227 g/mol. The normalized spacial score (nSPS) is 12.4. The molecule has 1 aromatic carbocycles. The van der Waals surface area contributed by atoms with Crippen LogP contribution in [0.4, 0.5) is 0 Å². The van der Waals surface area contributed by atoms with Crippen molar-refractivity contribution in [2.45, 2.75) is 46.0 Å². The average molecular weight is 227 g/mol. The summed E-state index contributed by atoms with van der Waals surface area (Å²) in [6.45, 7) is 11.1. The van der Waals surface area contributed by atoms with Crippen molar-refractivity contribution in [2.75, 3.05) is 0 Å². The lowest BCUT2D eigenvalue weighted by Gasteiger charge is -2.19. The van der Waals surface area contributed by atoms with E-state index >= 15 is 0 Å². The van der Waals surface area contributed by atoms with Crippen LogP contribution in [-0.2, 0) is 5.41 Å². The Balaban J connectivity index is 2.65. The van der Waals surface area contributed by atoms with E-state index in [1.807, 2.05) is 6.20 Å². The van der Waals surface area contributed by atoms with Gasteiger partial charge in [-0.2, -0.15) is 0 Å². The summed E-state index contributed by atoms with van der Waals surface area (Å²) >= 11 is 0. The molecule has 2 rings (SSSR count). The molecule has 90 valence electrons. The number of aromatic nitrogens is 1. The summed E-state index contributed by atoms with van der Waals surface area (Å²) in [4.78, 5) is 4.67. The quantitative estimate of drug-likeness (QED) is 0.690. The largest absolute Gasteiger partial charge is 0.256 e. The molecule has 17 heavy (non-hydrogen) atoms. The van der Waals surface area contributed by atoms with Gasteiger partial charge in [0.2, 0.25) is 0 Å². The zero-order chi connectivity index (χ0) is 12.6. The molecule has 0 fully saturated rings. The number of para-hydroxylation sites is 1. The lowest BCUT2D eigenvalue weighted by atomic mass is 9.87. The van der Waals surface area contributed by atoms with Crippen LogP contribution in [0.2, 0.25) is 0 Å². The van der Waals surface area contributed by atoms with Crippen LogP contribution >= 0.6 is 0 Å². The van der Waals surface area contributed by atoms with E-state index in [1.54, 1.807) is 0 Å². The molecule has 1 nitrogen and oxygen atoms in total. The molecule has 2 aromatic rings. The van der Waals surface area contributed by atoms with Crippen molar-refractivity contribution in [1.82, 2.24) is 4.98 Å². The van der Waals surface area contributed by atoms with Crippen molar-refractivity contribution in [2.24, 2.45) is 0 Å². The van der Waals surface area contributed by atoms with Crippen molar-refractivity contribution in [3.8, 4) is 0 Å². The van der Waals surface area contributed by atoms with Gasteiger partial charge in [-0.3, -0.25) is 4.98 Å². The van der Waals surface area contributed by atoms with E-state index in [1.165, 1.54) is 16.5 Å². The Bertz CT molecular complexity index is 533. The van der Waals surface area contributed by atoms with Crippen molar-refractivity contribution in [1.29, 1.82) is 0 Å². The van der Waals surface area contributed by atoms with Crippen LogP contribution in [0, 0.1) is 0 Å². The molecule has 0 N–H and O–H groups in total. The third kappa shape index (κ3) is 2.33. The lowest BCUT2D eigenvalue weighted by Crippen LogP contribution is -2.11. The molecule has 0 aliphatic carbocycles. The van der Waals surface area contributed by atoms with Crippen LogP contribution in [0.5, 0.6) is 0 Å². The van der Waals surface area contributed by atoms with Crippen molar-refractivity contribution in [3.63, 3.8) is 0 Å². The van der Waals surface area contributed by atoms with E-state index in [9.17, 15) is 0 Å². The highest BCUT2D eigenvalue weighted by atomic mass is 14.7. The minimum atomic E-state index is 0.162. The molecule has 0 amide bonds. The number of rotatable bonds is 1. The zero-order valence-corrected chi connectivity index (χ0v) is 11.4. The first-order valence-corrected chi connectivity index (χ1v) is 6.29. The Kier molecular flexibility index (Phi) is 2.94. The van der Waals surface area contributed by atoms with Crippen LogP contribution < -0.4 is 0 Å². The third-order valence-corrected chi connectivity index (χ3v) is 3.23. The molecule has 0 aliphatic rings. The number of fused-ring (bicyclic) bond motifs is 1. The molecule has 0 aliphatic heterocycles. The Morgan fingerprint density at radius 2 is 1.82 bits per heavy atom. The average Bonchev–Trinajstić information content (AvgIpc) is 2.26. The lowest BCUT2D eigenvalue weighted by molar-refractivity contribution is 0.588. The van der Waals surface area contributed by atoms with Gasteiger partial charge in [-0.25, -0.2) is 0 Å². The first-order valence-electron chi connectivity index (χ1n) is 6.29. The molecule has 0 atom stereocenters. The van der Waals surface area contributed by atoms with Gasteiger partial charge < -0.3 is 0 Å². The SMILES string of the molecule is CC(C)c1cccc2cc(C(C)(C)C)cnc12. The van der Waals surface area contributed by atoms with Crippen molar-refractivity contribution < 1.29 is 0 Å². The minimum absolute atomic E-state index is 0.162. The summed E-state index contributed by atoms with van der Waals surface area (Å²) < 4.78 is 0. The molecular formula is C16H21N. The number of pyridine rings is 1. The summed E-state index contributed by atoms with van der Waals surface area (Å²) in [5, 5.41) is 1.25. The molecule has 0 saturated carbocycles. The van der Waals surface area contributed by atoms with Crippen LogP contribution in [-0.4, -0.2) is 4.98 Å². The highest BCUT2D eigenvalue weighted by Crippen LogP contribution is 2.28. The van der Waals surface area contributed by atoms with E-state index in [2.05, 4.69) is 63.9 Å². The predicted molar refractivity (Wildman–Crippen MR) is 74.5 cm³/mol. The van der Waals surface area contributed by atoms with Gasteiger partial charge in [-0.1, -0.05) is 52.8 Å². The molecule has 1 aromatic heterocycles. The number of hydrogen-bond acceptors (Lipinski definition) is 1. The maximum atomic E-state index is 4.67. The Morgan fingerprint density at radius 1 is 1.12 bits per heavy atom. The van der Waals surface area contributed by atoms with Gasteiger partial charge >= 0.3 is 0 Å². The van der Waals surface area contributed by atoms with Crippen LogP contribution in [0.1, 0.15) is 51.7 Å². The van der Waals surface area contributed by atoms with Crippen LogP contribution in [0.25, 0.3) is 10.9 Å². The molecular weight excluding hydrogens is 206 g/mol. The van der Waals surface area contributed by atoms with Gasteiger partial charge in [0.1, 0.15) is 0 Å². The predicted octanol–water partition coefficient (Wildman–Crippen LogP) is 4.66. The van der Waals surface area contributed by atoms with E-state index in [-0.39, 0.29) is 5.41 Å². The van der Waals surface area contributed by atoms with Crippen LogP contribution in [0.15, 0.2) is 30.5 Å². The molecule has 1 heteroatoms. The Labute approximate surface area is 104 Å². The number of benzene rings is 1. The smallest absolute Gasteiger partial charge is 0.0736 e. The van der Waals surface area contributed by atoms with Gasteiger partial charge in [-0.15, -0.1) is 0 Å². The van der Waals surface area contributed by atoms with E-state index in [0.29, 0.717) is 5.92 Å². The third-order valence-electron chi connectivity index (χ3n) is 3.23. The van der Waals surface area contributed by atoms with Crippen molar-refractivity contribution >= 4 is 10.9 Å². The van der Waals surface area contributed by atoms with E-state index < -0.39 is 0 Å². The van der Waals surface area contributed by atoms with E-state index in [0.717, 1.165) is 5.52 Å². The zero-order valence-electron chi connectivity index (χ0n) is 11.4. The minimum Gasteiger partial charge on any atom is -0.256 e. The van der Waals surface area contributed by atoms with Gasteiger partial charge in [0.15, 0.2) is 0 Å². The second-order valence-corrected chi connectivity index (χ2v) is 6.05. The first kappa shape index (κ1) is 12.1. The highest BCUT2D eigenvalue weighted by molar-refractivity contribution is 5.82. The fourth-order valence-electron chi connectivity index (χ4n) is 2.06. The maximum Gasteiger partial charge on any atom is 0.0736 e. The number of hydrogen-bond donors (Lipinski definition) is 0. The second-order valence-electron chi connectivity index (χ2n) is 6.05. The maximum absolute atomic E-state index is 4.67. The number of nitrogens with zero attached hydrogens (tertiary/aromatic N) is 1. The molecule has 0 unspecified atom stereocenters. The molecule has 0 spiro atoms. The van der Waals surface area contributed by atoms with Gasteiger partial charge in [0.05, 0.1) is 5.52 Å². The van der Waals surface area contributed by atoms with Crippen molar-refractivity contribution in [3.05, 3.63) is 41.6 Å². The standard InChI is InChI=1S/C16H21N/c1-11(2)14-8-6-7-12-9-13(16(3,4)5)10-17-15(12)14/h6-11H,1-5H3.